The molecular formula is C7H5F2IS. The van der Waals surface area contributed by atoms with Crippen molar-refractivity contribution < 1.29 is 8.78 Å². The summed E-state index contributed by atoms with van der Waals surface area (Å²) in [6, 6.07) is 3.91. The lowest BCUT2D eigenvalue weighted by Gasteiger charge is -1.99. The first kappa shape index (κ1) is 9.25. The second-order valence-corrected chi connectivity index (χ2v) is 4.33. The fourth-order valence-electron chi connectivity index (χ4n) is 0.725. The van der Waals surface area contributed by atoms with E-state index in [-0.39, 0.29) is 5.56 Å². The highest BCUT2D eigenvalue weighted by atomic mass is 127. The zero-order chi connectivity index (χ0) is 8.27. The largest absolute Gasteiger partial charge is 0.207 e. The molecule has 0 aromatic heterocycles. The van der Waals surface area contributed by atoms with Crippen molar-refractivity contribution in [1.29, 1.82) is 0 Å². The quantitative estimate of drug-likeness (QED) is 0.749. The van der Waals surface area contributed by atoms with Gasteiger partial charge in [0, 0.05) is 11.3 Å². The van der Waals surface area contributed by atoms with Crippen LogP contribution in [0.4, 0.5) is 8.78 Å². The van der Waals surface area contributed by atoms with Crippen molar-refractivity contribution >= 4 is 30.1 Å². The summed E-state index contributed by atoms with van der Waals surface area (Å²) in [4.78, 5) is 0. The Labute approximate surface area is 80.0 Å². The van der Waals surface area contributed by atoms with Crippen molar-refractivity contribution in [3.05, 3.63) is 35.4 Å². The minimum Gasteiger partial charge on any atom is -0.207 e. The fourth-order valence-corrected chi connectivity index (χ4v) is 2.04. The van der Waals surface area contributed by atoms with E-state index in [1.165, 1.54) is 27.1 Å². The SMILES string of the molecule is Fc1cccc(F)c1CSI. The molecule has 0 nitrogen and oxygen atoms in total. The van der Waals surface area contributed by atoms with E-state index in [2.05, 4.69) is 0 Å². The van der Waals surface area contributed by atoms with E-state index >= 15 is 0 Å². The first-order chi connectivity index (χ1) is 5.25. The van der Waals surface area contributed by atoms with Gasteiger partial charge in [0.15, 0.2) is 0 Å². The molecule has 11 heavy (non-hydrogen) atoms. The first-order valence-electron chi connectivity index (χ1n) is 2.92. The highest BCUT2D eigenvalue weighted by Gasteiger charge is 2.06. The lowest BCUT2D eigenvalue weighted by molar-refractivity contribution is 0.566. The van der Waals surface area contributed by atoms with Crippen molar-refractivity contribution in [3.8, 4) is 0 Å². The van der Waals surface area contributed by atoms with Gasteiger partial charge in [-0.05, 0) is 33.3 Å². The summed E-state index contributed by atoms with van der Waals surface area (Å²) >= 11 is 2.01. The molecule has 1 rings (SSSR count). The topological polar surface area (TPSA) is 0 Å². The van der Waals surface area contributed by atoms with Crippen LogP contribution in [-0.4, -0.2) is 0 Å². The Hall–Kier alpha value is 0.160. The van der Waals surface area contributed by atoms with Gasteiger partial charge >= 0.3 is 0 Å². The maximum absolute atomic E-state index is 12.8. The lowest BCUT2D eigenvalue weighted by atomic mass is 10.2. The zero-order valence-electron chi connectivity index (χ0n) is 5.48. The van der Waals surface area contributed by atoms with Gasteiger partial charge in [-0.1, -0.05) is 15.0 Å². The number of hydrogen-bond donors (Lipinski definition) is 0. The molecule has 0 fully saturated rings. The van der Waals surface area contributed by atoms with Crippen LogP contribution in [0, 0.1) is 11.6 Å². The summed E-state index contributed by atoms with van der Waals surface area (Å²) < 4.78 is 25.6. The second kappa shape index (κ2) is 4.25. The molecule has 0 aliphatic rings. The Morgan fingerprint density at radius 3 is 2.27 bits per heavy atom. The maximum Gasteiger partial charge on any atom is 0.130 e. The molecule has 0 aliphatic carbocycles. The number of hydrogen-bond acceptors (Lipinski definition) is 1. The average Bonchev–Trinajstić information content (AvgIpc) is 1.97. The molecule has 0 radical (unpaired) electrons. The lowest BCUT2D eigenvalue weighted by Crippen LogP contribution is -1.90. The zero-order valence-corrected chi connectivity index (χ0v) is 8.46. The van der Waals surface area contributed by atoms with Gasteiger partial charge in [0.05, 0.1) is 0 Å². The maximum atomic E-state index is 12.8. The van der Waals surface area contributed by atoms with Gasteiger partial charge in [-0.3, -0.25) is 0 Å². The van der Waals surface area contributed by atoms with Crippen LogP contribution in [0.2, 0.25) is 0 Å². The Morgan fingerprint density at radius 2 is 1.82 bits per heavy atom. The highest BCUT2D eigenvalue weighted by molar-refractivity contribution is 14.2. The Morgan fingerprint density at radius 1 is 1.27 bits per heavy atom. The molecule has 0 heterocycles. The smallest absolute Gasteiger partial charge is 0.130 e. The fraction of sp³-hybridized carbons (Fsp3) is 0.143. The van der Waals surface area contributed by atoms with Gasteiger partial charge in [0.1, 0.15) is 11.6 Å². The second-order valence-electron chi connectivity index (χ2n) is 1.95. The van der Waals surface area contributed by atoms with Crippen LogP contribution in [0.15, 0.2) is 18.2 Å². The summed E-state index contributed by atoms with van der Waals surface area (Å²) in [5.41, 5.74) is 0.159. The van der Waals surface area contributed by atoms with Crippen LogP contribution in [-0.2, 0) is 5.75 Å². The molecule has 0 amide bonds. The Kier molecular flexibility index (Phi) is 3.58. The Bertz CT molecular complexity index is 232. The molecule has 0 saturated heterocycles. The molecule has 4 heteroatoms. The molecule has 1 aromatic rings. The normalized spacial score (nSPS) is 10.1. The van der Waals surface area contributed by atoms with E-state index in [0.717, 1.165) is 0 Å². The molecule has 0 N–H and O–H groups in total. The third kappa shape index (κ3) is 2.30. The van der Waals surface area contributed by atoms with Crippen molar-refractivity contribution in [2.75, 3.05) is 0 Å². The highest BCUT2D eigenvalue weighted by Crippen LogP contribution is 2.22. The predicted octanol–water partition coefficient (Wildman–Crippen LogP) is 3.55. The molecule has 0 aliphatic heterocycles. The van der Waals surface area contributed by atoms with Crippen LogP contribution in [0.1, 0.15) is 5.56 Å². The van der Waals surface area contributed by atoms with Crippen molar-refractivity contribution in [2.24, 2.45) is 0 Å². The van der Waals surface area contributed by atoms with E-state index in [1.807, 2.05) is 21.2 Å². The molecule has 1 aromatic carbocycles. The van der Waals surface area contributed by atoms with Crippen molar-refractivity contribution in [3.63, 3.8) is 0 Å². The average molecular weight is 286 g/mol. The Balaban J connectivity index is 3.00. The first-order valence-corrected chi connectivity index (χ1v) is 6.45. The van der Waals surface area contributed by atoms with E-state index in [4.69, 9.17) is 0 Å². The summed E-state index contributed by atoms with van der Waals surface area (Å²) in [6.45, 7) is 0. The van der Waals surface area contributed by atoms with Gasteiger partial charge in [0.2, 0.25) is 0 Å². The molecule has 0 unspecified atom stereocenters. The van der Waals surface area contributed by atoms with E-state index in [9.17, 15) is 8.78 Å². The van der Waals surface area contributed by atoms with E-state index in [1.54, 1.807) is 0 Å². The summed E-state index contributed by atoms with van der Waals surface area (Å²) in [5, 5.41) is 0. The molecule has 0 saturated carbocycles. The van der Waals surface area contributed by atoms with Gasteiger partial charge in [-0.25, -0.2) is 8.78 Å². The summed E-state index contributed by atoms with van der Waals surface area (Å²) in [5.74, 6) is -0.553. The van der Waals surface area contributed by atoms with Crippen LogP contribution in [0.5, 0.6) is 0 Å². The van der Waals surface area contributed by atoms with Crippen LogP contribution >= 0.6 is 30.1 Å². The molecular weight excluding hydrogens is 281 g/mol. The summed E-state index contributed by atoms with van der Waals surface area (Å²) in [6.07, 6.45) is 0. The number of rotatable bonds is 2. The van der Waals surface area contributed by atoms with Crippen LogP contribution < -0.4 is 0 Å². The van der Waals surface area contributed by atoms with Crippen molar-refractivity contribution in [2.45, 2.75) is 5.75 Å². The van der Waals surface area contributed by atoms with Crippen LogP contribution in [0.3, 0.4) is 0 Å². The minimum absolute atomic E-state index is 0.159. The van der Waals surface area contributed by atoms with Gasteiger partial charge in [0.25, 0.3) is 0 Å². The number of halogens is 3. The van der Waals surface area contributed by atoms with Gasteiger partial charge < -0.3 is 0 Å². The summed E-state index contributed by atoms with van der Waals surface area (Å²) in [7, 11) is 1.37. The molecule has 60 valence electrons. The van der Waals surface area contributed by atoms with Gasteiger partial charge in [-0.15, -0.1) is 0 Å². The standard InChI is InChI=1S/C7H5F2IS/c8-6-2-1-3-7(9)5(6)4-11-10/h1-3H,4H2. The molecule has 0 bridgehead atoms. The van der Waals surface area contributed by atoms with Crippen LogP contribution in [0.25, 0.3) is 0 Å². The van der Waals surface area contributed by atoms with E-state index in [0.29, 0.717) is 5.75 Å². The van der Waals surface area contributed by atoms with Gasteiger partial charge in [-0.2, -0.15) is 0 Å². The third-order valence-electron chi connectivity index (χ3n) is 1.26. The van der Waals surface area contributed by atoms with E-state index < -0.39 is 11.6 Å². The number of benzene rings is 1. The predicted molar refractivity (Wildman–Crippen MR) is 51.7 cm³/mol. The van der Waals surface area contributed by atoms with Crippen molar-refractivity contribution in [1.82, 2.24) is 0 Å². The monoisotopic (exact) mass is 286 g/mol. The minimum atomic E-state index is -0.464. The molecule has 0 atom stereocenters. The molecule has 0 spiro atoms. The third-order valence-corrected chi connectivity index (χ3v) is 2.59.